The van der Waals surface area contributed by atoms with Gasteiger partial charge in [0.1, 0.15) is 0 Å². The normalized spacial score (nSPS) is 11.1. The van der Waals surface area contributed by atoms with Crippen molar-refractivity contribution in [3.05, 3.63) is 40.7 Å². The number of hydrogen-bond acceptors (Lipinski definition) is 1. The van der Waals surface area contributed by atoms with Crippen LogP contribution in [0, 0.1) is 6.92 Å². The molecule has 0 saturated carbocycles. The molecule has 0 radical (unpaired) electrons. The third kappa shape index (κ3) is 1.31. The molecule has 0 unspecified atom stereocenters. The van der Waals surface area contributed by atoms with E-state index in [1.165, 1.54) is 5.69 Å². The maximum Gasteiger partial charge on any atom is 0.0693 e. The van der Waals surface area contributed by atoms with Gasteiger partial charge >= 0.3 is 0 Å². The molecule has 2 nitrogen and oxygen atoms in total. The summed E-state index contributed by atoms with van der Waals surface area (Å²) in [5.41, 5.74) is 9.00. The van der Waals surface area contributed by atoms with E-state index in [-0.39, 0.29) is 0 Å². The van der Waals surface area contributed by atoms with E-state index in [2.05, 4.69) is 4.40 Å². The van der Waals surface area contributed by atoms with Crippen LogP contribution in [0.3, 0.4) is 0 Å². The molecule has 0 amide bonds. The number of halogens is 1. The topological polar surface area (TPSA) is 30.4 Å². The molecule has 0 bridgehead atoms. The molecule has 0 aliphatic rings. The summed E-state index contributed by atoms with van der Waals surface area (Å²) >= 11 is 6.22. The number of rotatable bonds is 2. The quantitative estimate of drug-likeness (QED) is 0.807. The highest BCUT2D eigenvalue weighted by atomic mass is 35.5. The first-order valence-corrected chi connectivity index (χ1v) is 5.07. The Hall–Kier alpha value is -0.990. The maximum absolute atomic E-state index is 6.22. The molecule has 0 spiro atoms. The van der Waals surface area contributed by atoms with Gasteiger partial charge in [0.25, 0.3) is 0 Å². The van der Waals surface area contributed by atoms with Crippen LogP contribution in [0.25, 0.3) is 5.52 Å². The van der Waals surface area contributed by atoms with Crippen LogP contribution in [-0.2, 0) is 6.42 Å². The van der Waals surface area contributed by atoms with Crippen molar-refractivity contribution >= 4 is 17.1 Å². The minimum Gasteiger partial charge on any atom is -0.330 e. The third-order valence-electron chi connectivity index (χ3n) is 2.52. The summed E-state index contributed by atoms with van der Waals surface area (Å²) < 4.78 is 2.12. The first kappa shape index (κ1) is 9.56. The molecule has 2 N–H and O–H groups in total. The standard InChI is InChI=1S/C11H13ClN2/c1-8-9(5-6-13)14-7-3-2-4-10(14)11(8)12/h2-4,7H,5-6,13H2,1H3. The lowest BCUT2D eigenvalue weighted by atomic mass is 10.2. The lowest BCUT2D eigenvalue weighted by Gasteiger charge is -2.01. The number of aromatic nitrogens is 1. The van der Waals surface area contributed by atoms with Crippen molar-refractivity contribution in [2.24, 2.45) is 5.73 Å². The Morgan fingerprint density at radius 3 is 2.93 bits per heavy atom. The van der Waals surface area contributed by atoms with Crippen LogP contribution in [0.2, 0.25) is 5.02 Å². The van der Waals surface area contributed by atoms with Crippen molar-refractivity contribution in [2.45, 2.75) is 13.3 Å². The van der Waals surface area contributed by atoms with Gasteiger partial charge in [-0.25, -0.2) is 0 Å². The van der Waals surface area contributed by atoms with E-state index in [1.54, 1.807) is 0 Å². The summed E-state index contributed by atoms with van der Waals surface area (Å²) in [4.78, 5) is 0. The fourth-order valence-electron chi connectivity index (χ4n) is 1.80. The Morgan fingerprint density at radius 1 is 1.43 bits per heavy atom. The van der Waals surface area contributed by atoms with Gasteiger partial charge in [-0.3, -0.25) is 0 Å². The second-order valence-electron chi connectivity index (χ2n) is 3.38. The van der Waals surface area contributed by atoms with Crippen molar-refractivity contribution < 1.29 is 0 Å². The van der Waals surface area contributed by atoms with E-state index in [0.717, 1.165) is 22.5 Å². The van der Waals surface area contributed by atoms with Gasteiger partial charge in [0.2, 0.25) is 0 Å². The number of pyridine rings is 1. The van der Waals surface area contributed by atoms with Crippen LogP contribution in [0.15, 0.2) is 24.4 Å². The Bertz CT molecular complexity index is 460. The Balaban J connectivity index is 2.74. The van der Waals surface area contributed by atoms with Gasteiger partial charge in [-0.15, -0.1) is 0 Å². The fourth-order valence-corrected chi connectivity index (χ4v) is 2.06. The predicted octanol–water partition coefficient (Wildman–Crippen LogP) is 2.40. The van der Waals surface area contributed by atoms with E-state index in [9.17, 15) is 0 Å². The highest BCUT2D eigenvalue weighted by Crippen LogP contribution is 2.27. The Kier molecular flexibility index (Phi) is 2.48. The smallest absolute Gasteiger partial charge is 0.0693 e. The second-order valence-corrected chi connectivity index (χ2v) is 3.76. The molecule has 2 aromatic heterocycles. The maximum atomic E-state index is 6.22. The van der Waals surface area contributed by atoms with Gasteiger partial charge in [-0.2, -0.15) is 0 Å². The van der Waals surface area contributed by atoms with Crippen LogP contribution in [0.1, 0.15) is 11.3 Å². The molecule has 3 heteroatoms. The van der Waals surface area contributed by atoms with Crippen LogP contribution in [0.5, 0.6) is 0 Å². The summed E-state index contributed by atoms with van der Waals surface area (Å²) in [5.74, 6) is 0. The Morgan fingerprint density at radius 2 is 2.21 bits per heavy atom. The lowest BCUT2D eigenvalue weighted by Crippen LogP contribution is -2.05. The van der Waals surface area contributed by atoms with Gasteiger partial charge < -0.3 is 10.1 Å². The fraction of sp³-hybridized carbons (Fsp3) is 0.273. The summed E-state index contributed by atoms with van der Waals surface area (Å²) in [6, 6.07) is 6.02. The molecule has 0 aromatic carbocycles. The zero-order valence-corrected chi connectivity index (χ0v) is 8.88. The van der Waals surface area contributed by atoms with Gasteiger partial charge in [-0.1, -0.05) is 17.7 Å². The van der Waals surface area contributed by atoms with E-state index in [4.69, 9.17) is 17.3 Å². The van der Waals surface area contributed by atoms with Crippen molar-refractivity contribution in [3.8, 4) is 0 Å². The molecular weight excluding hydrogens is 196 g/mol. The molecule has 0 saturated heterocycles. The van der Waals surface area contributed by atoms with E-state index in [1.807, 2.05) is 31.3 Å². The predicted molar refractivity (Wildman–Crippen MR) is 59.9 cm³/mol. The summed E-state index contributed by atoms with van der Waals surface area (Å²) in [6.07, 6.45) is 2.89. The summed E-state index contributed by atoms with van der Waals surface area (Å²) in [5, 5.41) is 0.842. The van der Waals surface area contributed by atoms with Crippen molar-refractivity contribution in [1.29, 1.82) is 0 Å². The number of fused-ring (bicyclic) bond motifs is 1. The number of nitrogens with zero attached hydrogens (tertiary/aromatic N) is 1. The van der Waals surface area contributed by atoms with E-state index < -0.39 is 0 Å². The Labute approximate surface area is 88.3 Å². The highest BCUT2D eigenvalue weighted by Gasteiger charge is 2.11. The summed E-state index contributed by atoms with van der Waals surface area (Å²) in [7, 11) is 0. The van der Waals surface area contributed by atoms with Gasteiger partial charge in [0.05, 0.1) is 10.5 Å². The zero-order chi connectivity index (χ0) is 10.1. The van der Waals surface area contributed by atoms with Crippen LogP contribution in [0.4, 0.5) is 0 Å². The highest BCUT2D eigenvalue weighted by molar-refractivity contribution is 6.34. The van der Waals surface area contributed by atoms with Crippen LogP contribution < -0.4 is 5.73 Å². The average molecular weight is 209 g/mol. The van der Waals surface area contributed by atoms with Crippen molar-refractivity contribution in [2.75, 3.05) is 6.54 Å². The largest absolute Gasteiger partial charge is 0.330 e. The van der Waals surface area contributed by atoms with Gasteiger partial charge in [0, 0.05) is 18.3 Å². The third-order valence-corrected chi connectivity index (χ3v) is 3.00. The van der Waals surface area contributed by atoms with Gasteiger partial charge in [-0.05, 0) is 31.2 Å². The molecular formula is C11H13ClN2. The molecule has 0 atom stereocenters. The van der Waals surface area contributed by atoms with E-state index in [0.29, 0.717) is 6.54 Å². The molecule has 14 heavy (non-hydrogen) atoms. The van der Waals surface area contributed by atoms with Crippen molar-refractivity contribution in [3.63, 3.8) is 0 Å². The second kappa shape index (κ2) is 3.64. The molecule has 2 aromatic rings. The first-order chi connectivity index (χ1) is 6.75. The van der Waals surface area contributed by atoms with Gasteiger partial charge in [0.15, 0.2) is 0 Å². The molecule has 74 valence electrons. The molecule has 0 aliphatic heterocycles. The summed E-state index contributed by atoms with van der Waals surface area (Å²) in [6.45, 7) is 2.69. The zero-order valence-electron chi connectivity index (χ0n) is 8.13. The minimum atomic E-state index is 0.651. The van der Waals surface area contributed by atoms with E-state index >= 15 is 0 Å². The monoisotopic (exact) mass is 208 g/mol. The van der Waals surface area contributed by atoms with Crippen LogP contribution in [-0.4, -0.2) is 10.9 Å². The number of nitrogens with two attached hydrogens (primary N) is 1. The number of hydrogen-bond donors (Lipinski definition) is 1. The molecule has 0 fully saturated rings. The molecule has 0 aliphatic carbocycles. The molecule has 2 heterocycles. The van der Waals surface area contributed by atoms with Crippen molar-refractivity contribution in [1.82, 2.24) is 4.40 Å². The SMILES string of the molecule is Cc1c(Cl)c2ccccn2c1CCN. The first-order valence-electron chi connectivity index (χ1n) is 4.69. The average Bonchev–Trinajstić information content (AvgIpc) is 2.45. The van der Waals surface area contributed by atoms with Crippen LogP contribution >= 0.6 is 11.6 Å². The minimum absolute atomic E-state index is 0.651. The molecule has 2 rings (SSSR count). The lowest BCUT2D eigenvalue weighted by molar-refractivity contribution is 0.895.